The van der Waals surface area contributed by atoms with Crippen molar-refractivity contribution in [1.29, 1.82) is 0 Å². The SMILES string of the molecule is CCOC(=O)c1cnc(S[C@@H](C)c2nc3ccccc3n2C(F)F)nc1N. The number of esters is 1. The van der Waals surface area contributed by atoms with E-state index in [1.807, 2.05) is 0 Å². The zero-order valence-electron chi connectivity index (χ0n) is 14.6. The van der Waals surface area contributed by atoms with Crippen molar-refractivity contribution in [1.82, 2.24) is 19.5 Å². The molecule has 2 aromatic heterocycles. The van der Waals surface area contributed by atoms with Gasteiger partial charge in [0, 0.05) is 6.20 Å². The first-order valence-corrected chi connectivity index (χ1v) is 9.01. The third kappa shape index (κ3) is 3.85. The van der Waals surface area contributed by atoms with E-state index >= 15 is 0 Å². The van der Waals surface area contributed by atoms with Crippen molar-refractivity contribution in [2.45, 2.75) is 30.8 Å². The standard InChI is InChI=1S/C17H17F2N5O2S/c1-3-26-15(25)10-8-21-17(23-13(10)20)27-9(2)14-22-11-6-4-5-7-12(11)24(14)16(18)19/h4-9,16H,3H2,1-2H3,(H2,20,21,23)/t9-/m0/s1. The fraction of sp³-hybridized carbons (Fsp3) is 0.294. The maximum atomic E-state index is 13.6. The number of nitrogens with two attached hydrogens (primary N) is 1. The molecule has 2 N–H and O–H groups in total. The van der Waals surface area contributed by atoms with Gasteiger partial charge in [-0.1, -0.05) is 23.9 Å². The minimum Gasteiger partial charge on any atom is -0.462 e. The molecule has 0 fully saturated rings. The highest BCUT2D eigenvalue weighted by atomic mass is 32.2. The van der Waals surface area contributed by atoms with Gasteiger partial charge in [0.1, 0.15) is 17.2 Å². The monoisotopic (exact) mass is 393 g/mol. The number of hydrogen-bond donors (Lipinski definition) is 1. The smallest absolute Gasteiger partial charge is 0.343 e. The van der Waals surface area contributed by atoms with E-state index in [0.717, 1.165) is 16.3 Å². The molecule has 10 heteroatoms. The van der Waals surface area contributed by atoms with Crippen LogP contribution in [0.15, 0.2) is 35.6 Å². The molecule has 0 saturated heterocycles. The molecule has 0 amide bonds. The van der Waals surface area contributed by atoms with E-state index in [0.29, 0.717) is 11.0 Å². The maximum absolute atomic E-state index is 13.6. The van der Waals surface area contributed by atoms with Crippen molar-refractivity contribution >= 4 is 34.6 Å². The molecule has 1 atom stereocenters. The van der Waals surface area contributed by atoms with E-state index in [2.05, 4.69) is 15.0 Å². The number of ether oxygens (including phenoxy) is 1. The fourth-order valence-corrected chi connectivity index (χ4v) is 3.42. The normalized spacial score (nSPS) is 12.5. The summed E-state index contributed by atoms with van der Waals surface area (Å²) in [6, 6.07) is 6.70. The van der Waals surface area contributed by atoms with Gasteiger partial charge >= 0.3 is 12.5 Å². The second kappa shape index (κ2) is 7.87. The summed E-state index contributed by atoms with van der Waals surface area (Å²) in [4.78, 5) is 24.2. The molecule has 3 rings (SSSR count). The van der Waals surface area contributed by atoms with Gasteiger partial charge < -0.3 is 10.5 Å². The lowest BCUT2D eigenvalue weighted by atomic mass is 10.3. The van der Waals surface area contributed by atoms with Crippen LogP contribution < -0.4 is 5.73 Å². The van der Waals surface area contributed by atoms with Gasteiger partial charge in [0.15, 0.2) is 5.16 Å². The first kappa shape index (κ1) is 19.0. The van der Waals surface area contributed by atoms with Crippen molar-refractivity contribution in [3.63, 3.8) is 0 Å². The van der Waals surface area contributed by atoms with Gasteiger partial charge in [-0.05, 0) is 26.0 Å². The number of fused-ring (bicyclic) bond motifs is 1. The fourth-order valence-electron chi connectivity index (χ4n) is 2.57. The number of carbonyl (C=O) groups is 1. The van der Waals surface area contributed by atoms with E-state index in [1.54, 1.807) is 38.1 Å². The zero-order chi connectivity index (χ0) is 19.6. The first-order valence-electron chi connectivity index (χ1n) is 8.13. The van der Waals surface area contributed by atoms with Crippen molar-refractivity contribution < 1.29 is 18.3 Å². The minimum atomic E-state index is -2.73. The number of carbonyl (C=O) groups excluding carboxylic acids is 1. The van der Waals surface area contributed by atoms with E-state index in [1.165, 1.54) is 6.20 Å². The molecule has 1 aromatic carbocycles. The lowest BCUT2D eigenvalue weighted by molar-refractivity contribution is 0.0526. The second-order valence-corrected chi connectivity index (χ2v) is 6.85. The first-order chi connectivity index (χ1) is 12.9. The highest BCUT2D eigenvalue weighted by Crippen LogP contribution is 2.36. The van der Waals surface area contributed by atoms with Crippen LogP contribution in [0.5, 0.6) is 0 Å². The number of para-hydroxylation sites is 2. The Morgan fingerprint density at radius 1 is 1.33 bits per heavy atom. The number of aromatic nitrogens is 4. The minimum absolute atomic E-state index is 0.0273. The predicted octanol–water partition coefficient (Wildman–Crippen LogP) is 3.83. The van der Waals surface area contributed by atoms with Crippen molar-refractivity contribution in [3.8, 4) is 0 Å². The van der Waals surface area contributed by atoms with E-state index in [-0.39, 0.29) is 29.0 Å². The topological polar surface area (TPSA) is 95.9 Å². The number of halogens is 2. The van der Waals surface area contributed by atoms with Crippen molar-refractivity contribution in [2.75, 3.05) is 12.3 Å². The number of anilines is 1. The van der Waals surface area contributed by atoms with Crippen LogP contribution in [0.1, 0.15) is 41.8 Å². The van der Waals surface area contributed by atoms with Gasteiger partial charge in [-0.25, -0.2) is 19.7 Å². The molecular weight excluding hydrogens is 376 g/mol. The number of imidazole rings is 1. The molecular formula is C17H17F2N5O2S. The average molecular weight is 393 g/mol. The van der Waals surface area contributed by atoms with Crippen LogP contribution in [0, 0.1) is 0 Å². The summed E-state index contributed by atoms with van der Waals surface area (Å²) in [7, 11) is 0. The van der Waals surface area contributed by atoms with Gasteiger partial charge in [-0.3, -0.25) is 4.57 Å². The largest absolute Gasteiger partial charge is 0.462 e. The summed E-state index contributed by atoms with van der Waals surface area (Å²) in [5, 5.41) is -0.222. The molecule has 142 valence electrons. The van der Waals surface area contributed by atoms with E-state index < -0.39 is 17.8 Å². The summed E-state index contributed by atoms with van der Waals surface area (Å²) in [6.45, 7) is 0.877. The van der Waals surface area contributed by atoms with Crippen LogP contribution in [0.2, 0.25) is 0 Å². The summed E-state index contributed by atoms with van der Waals surface area (Å²) in [6.07, 6.45) is 1.27. The Balaban J connectivity index is 1.89. The third-order valence-electron chi connectivity index (χ3n) is 3.76. The molecule has 0 spiro atoms. The van der Waals surface area contributed by atoms with Crippen LogP contribution in [0.4, 0.5) is 14.6 Å². The van der Waals surface area contributed by atoms with Gasteiger partial charge in [0.25, 0.3) is 0 Å². The number of nitrogens with zero attached hydrogens (tertiary/aromatic N) is 4. The predicted molar refractivity (Wildman–Crippen MR) is 97.7 cm³/mol. The number of alkyl halides is 2. The Labute approximate surface area is 158 Å². The molecule has 0 bridgehead atoms. The Kier molecular flexibility index (Phi) is 5.54. The molecule has 3 aromatic rings. The van der Waals surface area contributed by atoms with Gasteiger partial charge in [-0.2, -0.15) is 8.78 Å². The molecule has 27 heavy (non-hydrogen) atoms. The van der Waals surface area contributed by atoms with Crippen molar-refractivity contribution in [3.05, 3.63) is 41.9 Å². The van der Waals surface area contributed by atoms with E-state index in [9.17, 15) is 13.6 Å². The van der Waals surface area contributed by atoms with Crippen LogP contribution >= 0.6 is 11.8 Å². The van der Waals surface area contributed by atoms with Gasteiger partial charge in [-0.15, -0.1) is 0 Å². The average Bonchev–Trinajstić information content (AvgIpc) is 3.02. The highest BCUT2D eigenvalue weighted by molar-refractivity contribution is 7.99. The molecule has 0 aliphatic heterocycles. The summed E-state index contributed by atoms with van der Waals surface area (Å²) < 4.78 is 32.9. The Morgan fingerprint density at radius 2 is 2.07 bits per heavy atom. The van der Waals surface area contributed by atoms with Crippen LogP contribution in [-0.2, 0) is 4.74 Å². The van der Waals surface area contributed by atoms with Crippen LogP contribution in [0.3, 0.4) is 0 Å². The molecule has 2 heterocycles. The molecule has 0 aliphatic carbocycles. The number of hydrogen-bond acceptors (Lipinski definition) is 7. The van der Waals surface area contributed by atoms with E-state index in [4.69, 9.17) is 10.5 Å². The van der Waals surface area contributed by atoms with Crippen molar-refractivity contribution in [2.24, 2.45) is 0 Å². The summed E-state index contributed by atoms with van der Waals surface area (Å²) in [5.41, 5.74) is 6.70. The Morgan fingerprint density at radius 3 is 2.74 bits per heavy atom. The van der Waals surface area contributed by atoms with Gasteiger partial charge in [0.05, 0.1) is 22.9 Å². The number of thioether (sulfide) groups is 1. The Hall–Kier alpha value is -2.75. The summed E-state index contributed by atoms with van der Waals surface area (Å²) >= 11 is 1.12. The molecule has 0 unspecified atom stereocenters. The number of nitrogen functional groups attached to an aromatic ring is 1. The van der Waals surface area contributed by atoms with Gasteiger partial charge in [0.2, 0.25) is 0 Å². The molecule has 0 saturated carbocycles. The third-order valence-corrected chi connectivity index (χ3v) is 4.73. The lowest BCUT2D eigenvalue weighted by Gasteiger charge is -2.13. The maximum Gasteiger partial charge on any atom is 0.343 e. The molecule has 0 radical (unpaired) electrons. The van der Waals surface area contributed by atoms with Crippen LogP contribution in [-0.4, -0.2) is 32.1 Å². The summed E-state index contributed by atoms with van der Waals surface area (Å²) in [5.74, 6) is -0.438. The molecule has 0 aliphatic rings. The number of rotatable bonds is 6. The second-order valence-electron chi connectivity index (χ2n) is 5.54. The lowest BCUT2D eigenvalue weighted by Crippen LogP contribution is -2.11. The zero-order valence-corrected chi connectivity index (χ0v) is 15.4. The number of benzene rings is 1. The quantitative estimate of drug-likeness (QED) is 0.386. The van der Waals surface area contributed by atoms with Crippen LogP contribution in [0.25, 0.3) is 11.0 Å². The Bertz CT molecular complexity index is 979. The molecule has 7 nitrogen and oxygen atoms in total. The highest BCUT2D eigenvalue weighted by Gasteiger charge is 2.23.